The quantitative estimate of drug-likeness (QED) is 0.860. The molecule has 23 heavy (non-hydrogen) atoms. The van der Waals surface area contributed by atoms with E-state index in [2.05, 4.69) is 41.4 Å². The van der Waals surface area contributed by atoms with Gasteiger partial charge in [0.15, 0.2) is 5.78 Å². The molecule has 2 aromatic carbocycles. The Kier molecular flexibility index (Phi) is 5.09. The summed E-state index contributed by atoms with van der Waals surface area (Å²) in [5, 5.41) is 3.37. The molecule has 2 aromatic rings. The van der Waals surface area contributed by atoms with E-state index < -0.39 is 0 Å². The predicted molar refractivity (Wildman–Crippen MR) is 95.2 cm³/mol. The van der Waals surface area contributed by atoms with Gasteiger partial charge in [-0.05, 0) is 18.1 Å². The van der Waals surface area contributed by atoms with Gasteiger partial charge in [0.1, 0.15) is 6.04 Å². The number of Topliss-reactive ketones (excluding diaryl/α,β-unsaturated/α-hetero) is 1. The molecule has 0 amide bonds. The average molecular weight is 308 g/mol. The number of anilines is 1. The molecular formula is C20H24N2O. The first-order valence-corrected chi connectivity index (χ1v) is 8.45. The zero-order valence-electron chi connectivity index (χ0n) is 13.7. The molecule has 0 bridgehead atoms. The first-order valence-electron chi connectivity index (χ1n) is 8.45. The van der Waals surface area contributed by atoms with Crippen molar-refractivity contribution in [1.29, 1.82) is 0 Å². The predicted octanol–water partition coefficient (Wildman–Crippen LogP) is 3.30. The smallest absolute Gasteiger partial charge is 0.186 e. The second-order valence-electron chi connectivity index (χ2n) is 6.02. The summed E-state index contributed by atoms with van der Waals surface area (Å²) in [7, 11) is 0. The van der Waals surface area contributed by atoms with Gasteiger partial charge in [-0.3, -0.25) is 4.79 Å². The highest BCUT2D eigenvalue weighted by Crippen LogP contribution is 2.26. The third-order valence-corrected chi connectivity index (χ3v) is 4.42. The number of hydrogen-bond acceptors (Lipinski definition) is 3. The summed E-state index contributed by atoms with van der Waals surface area (Å²) in [5.74, 6) is 0.198. The van der Waals surface area contributed by atoms with Crippen molar-refractivity contribution in [1.82, 2.24) is 5.32 Å². The lowest BCUT2D eigenvalue weighted by molar-refractivity contribution is 0.0951. The number of hydrogen-bond donors (Lipinski definition) is 1. The minimum absolute atomic E-state index is 0.135. The number of carbonyl (C=O) groups is 1. The van der Waals surface area contributed by atoms with E-state index in [1.54, 1.807) is 0 Å². The fraction of sp³-hybridized carbons (Fsp3) is 0.350. The molecule has 1 atom stereocenters. The van der Waals surface area contributed by atoms with Gasteiger partial charge >= 0.3 is 0 Å². The second-order valence-corrected chi connectivity index (χ2v) is 6.02. The molecule has 3 nitrogen and oxygen atoms in total. The number of para-hydroxylation sites is 1. The van der Waals surface area contributed by atoms with Crippen LogP contribution in [0.1, 0.15) is 29.3 Å². The van der Waals surface area contributed by atoms with Crippen LogP contribution in [-0.4, -0.2) is 31.5 Å². The van der Waals surface area contributed by atoms with E-state index in [1.807, 2.05) is 30.3 Å². The number of nitrogens with one attached hydrogen (secondary N) is 1. The largest absolute Gasteiger partial charge is 0.358 e. The third kappa shape index (κ3) is 3.45. The molecule has 1 aliphatic heterocycles. The molecular weight excluding hydrogens is 284 g/mol. The summed E-state index contributed by atoms with van der Waals surface area (Å²) in [6.45, 7) is 4.68. The monoisotopic (exact) mass is 308 g/mol. The van der Waals surface area contributed by atoms with Crippen LogP contribution in [0.2, 0.25) is 0 Å². The Balaban J connectivity index is 1.92. The molecule has 3 rings (SSSR count). The van der Waals surface area contributed by atoms with Crippen molar-refractivity contribution in [2.45, 2.75) is 25.8 Å². The Labute approximate surface area is 138 Å². The van der Waals surface area contributed by atoms with E-state index in [9.17, 15) is 4.79 Å². The summed E-state index contributed by atoms with van der Waals surface area (Å²) in [5.41, 5.74) is 3.34. The number of rotatable bonds is 5. The lowest BCUT2D eigenvalue weighted by Gasteiger charge is -2.38. The molecule has 1 N–H and O–H groups in total. The van der Waals surface area contributed by atoms with E-state index in [1.165, 1.54) is 11.3 Å². The first-order chi connectivity index (χ1) is 11.3. The molecule has 1 saturated heterocycles. The Morgan fingerprint density at radius 1 is 1.13 bits per heavy atom. The van der Waals surface area contributed by atoms with Crippen LogP contribution in [0, 0.1) is 0 Å². The minimum Gasteiger partial charge on any atom is -0.358 e. The van der Waals surface area contributed by atoms with Crippen LogP contribution in [-0.2, 0) is 6.42 Å². The maximum Gasteiger partial charge on any atom is 0.186 e. The zero-order valence-corrected chi connectivity index (χ0v) is 13.7. The normalized spacial score (nSPS) is 18.0. The van der Waals surface area contributed by atoms with Crippen LogP contribution in [0.3, 0.4) is 0 Å². The molecule has 1 heterocycles. The molecule has 0 aromatic heterocycles. The number of nitrogens with zero attached hydrogens (tertiary/aromatic N) is 1. The van der Waals surface area contributed by atoms with Gasteiger partial charge in [-0.1, -0.05) is 61.9 Å². The number of carbonyl (C=O) groups excluding carboxylic acids is 1. The van der Waals surface area contributed by atoms with Gasteiger partial charge in [0, 0.05) is 30.9 Å². The van der Waals surface area contributed by atoms with Gasteiger partial charge in [0.2, 0.25) is 0 Å². The maximum absolute atomic E-state index is 13.0. The third-order valence-electron chi connectivity index (χ3n) is 4.42. The van der Waals surface area contributed by atoms with Crippen molar-refractivity contribution in [3.63, 3.8) is 0 Å². The van der Waals surface area contributed by atoms with Crippen LogP contribution in [0.15, 0.2) is 54.6 Å². The van der Waals surface area contributed by atoms with Crippen molar-refractivity contribution in [2.24, 2.45) is 0 Å². The van der Waals surface area contributed by atoms with Gasteiger partial charge in [-0.15, -0.1) is 0 Å². The van der Waals surface area contributed by atoms with E-state index in [0.29, 0.717) is 6.54 Å². The van der Waals surface area contributed by atoms with Crippen LogP contribution in [0.4, 0.5) is 5.69 Å². The Morgan fingerprint density at radius 3 is 2.65 bits per heavy atom. The molecule has 1 aliphatic rings. The van der Waals surface area contributed by atoms with Gasteiger partial charge in [-0.2, -0.15) is 0 Å². The number of piperazine rings is 1. The van der Waals surface area contributed by atoms with E-state index in [4.69, 9.17) is 0 Å². The van der Waals surface area contributed by atoms with Gasteiger partial charge in [-0.25, -0.2) is 0 Å². The highest BCUT2D eigenvalue weighted by Gasteiger charge is 2.30. The average Bonchev–Trinajstić information content (AvgIpc) is 2.63. The van der Waals surface area contributed by atoms with Crippen LogP contribution < -0.4 is 10.2 Å². The Morgan fingerprint density at radius 2 is 1.87 bits per heavy atom. The summed E-state index contributed by atoms with van der Waals surface area (Å²) in [6, 6.07) is 18.0. The van der Waals surface area contributed by atoms with Gasteiger partial charge in [0.25, 0.3) is 0 Å². The van der Waals surface area contributed by atoms with Crippen molar-refractivity contribution in [2.75, 3.05) is 24.5 Å². The Hall–Kier alpha value is -2.13. The first kappa shape index (κ1) is 15.8. The van der Waals surface area contributed by atoms with Crippen LogP contribution in [0.5, 0.6) is 0 Å². The highest BCUT2D eigenvalue weighted by molar-refractivity contribution is 6.02. The maximum atomic E-state index is 13.0. The standard InChI is InChI=1S/C20H24N2O/c1-2-8-16-9-6-7-12-18(16)22-14-13-21-15-19(22)20(23)17-10-4-3-5-11-17/h3-7,9-12,19,21H,2,8,13-15H2,1H3. The van der Waals surface area contributed by atoms with Crippen molar-refractivity contribution in [3.05, 3.63) is 65.7 Å². The van der Waals surface area contributed by atoms with E-state index in [-0.39, 0.29) is 11.8 Å². The van der Waals surface area contributed by atoms with E-state index >= 15 is 0 Å². The van der Waals surface area contributed by atoms with Crippen molar-refractivity contribution >= 4 is 11.5 Å². The van der Waals surface area contributed by atoms with Crippen LogP contribution in [0.25, 0.3) is 0 Å². The molecule has 0 saturated carbocycles. The van der Waals surface area contributed by atoms with Gasteiger partial charge in [0.05, 0.1) is 0 Å². The number of ketones is 1. The minimum atomic E-state index is -0.135. The summed E-state index contributed by atoms with van der Waals surface area (Å²) in [6.07, 6.45) is 2.16. The summed E-state index contributed by atoms with van der Waals surface area (Å²) < 4.78 is 0. The number of aryl methyl sites for hydroxylation is 1. The molecule has 0 radical (unpaired) electrons. The van der Waals surface area contributed by atoms with E-state index in [0.717, 1.165) is 31.5 Å². The summed E-state index contributed by atoms with van der Waals surface area (Å²) in [4.78, 5) is 15.3. The van der Waals surface area contributed by atoms with Crippen molar-refractivity contribution in [3.8, 4) is 0 Å². The summed E-state index contributed by atoms with van der Waals surface area (Å²) >= 11 is 0. The fourth-order valence-corrected chi connectivity index (χ4v) is 3.29. The zero-order chi connectivity index (χ0) is 16.1. The van der Waals surface area contributed by atoms with Crippen molar-refractivity contribution < 1.29 is 4.79 Å². The number of benzene rings is 2. The second kappa shape index (κ2) is 7.42. The fourth-order valence-electron chi connectivity index (χ4n) is 3.29. The highest BCUT2D eigenvalue weighted by atomic mass is 16.1. The lowest BCUT2D eigenvalue weighted by atomic mass is 9.98. The molecule has 120 valence electrons. The molecule has 1 unspecified atom stereocenters. The lowest BCUT2D eigenvalue weighted by Crippen LogP contribution is -2.55. The SMILES string of the molecule is CCCc1ccccc1N1CCNCC1C(=O)c1ccccc1. The molecule has 1 fully saturated rings. The van der Waals surface area contributed by atoms with Gasteiger partial charge < -0.3 is 10.2 Å². The molecule has 0 spiro atoms. The molecule has 0 aliphatic carbocycles. The Bertz CT molecular complexity index is 654. The molecule has 3 heteroatoms. The van der Waals surface area contributed by atoms with Crippen LogP contribution >= 0.6 is 0 Å². The topological polar surface area (TPSA) is 32.3 Å².